The molecule has 2 aliphatic heterocycles. The summed E-state index contributed by atoms with van der Waals surface area (Å²) in [5, 5.41) is 5.73. The van der Waals surface area contributed by atoms with Gasteiger partial charge in [-0.25, -0.2) is 4.79 Å². The largest absolute Gasteiger partial charge is 0.373 e. The smallest absolute Gasteiger partial charge is 0.325 e. The SMILES string of the molecule is CCC1CCC2(CC1)NC(=O)N(CC(=O)NCc1ccc(CN3CC(C)OC(C)C3)cc1)C2=O. The first-order chi connectivity index (χ1) is 16.3. The van der Waals surface area contributed by atoms with Gasteiger partial charge in [-0.05, 0) is 56.6 Å². The third-order valence-corrected chi connectivity index (χ3v) is 7.50. The number of nitrogens with one attached hydrogen (secondary N) is 2. The van der Waals surface area contributed by atoms with Gasteiger partial charge >= 0.3 is 6.03 Å². The maximum Gasteiger partial charge on any atom is 0.325 e. The molecular formula is C26H38N4O4. The molecule has 186 valence electrons. The van der Waals surface area contributed by atoms with E-state index in [0.29, 0.717) is 25.3 Å². The molecule has 4 rings (SSSR count). The second-order valence-electron chi connectivity index (χ2n) is 10.3. The van der Waals surface area contributed by atoms with Gasteiger partial charge in [0.25, 0.3) is 5.91 Å². The van der Waals surface area contributed by atoms with Crippen molar-refractivity contribution in [1.29, 1.82) is 0 Å². The maximum absolute atomic E-state index is 13.0. The highest BCUT2D eigenvalue weighted by atomic mass is 16.5. The molecule has 1 aromatic carbocycles. The van der Waals surface area contributed by atoms with E-state index in [0.717, 1.165) is 49.4 Å². The summed E-state index contributed by atoms with van der Waals surface area (Å²) in [6.07, 6.45) is 4.75. The lowest BCUT2D eigenvalue weighted by Crippen LogP contribution is -2.50. The Labute approximate surface area is 202 Å². The van der Waals surface area contributed by atoms with E-state index in [-0.39, 0.29) is 30.6 Å². The van der Waals surface area contributed by atoms with Crippen LogP contribution < -0.4 is 10.6 Å². The minimum absolute atomic E-state index is 0.240. The lowest BCUT2D eigenvalue weighted by molar-refractivity contribution is -0.136. The van der Waals surface area contributed by atoms with Crippen LogP contribution in [-0.4, -0.2) is 65.0 Å². The highest BCUT2D eigenvalue weighted by molar-refractivity contribution is 6.09. The molecule has 2 unspecified atom stereocenters. The van der Waals surface area contributed by atoms with E-state index >= 15 is 0 Å². The molecule has 0 bridgehead atoms. The first kappa shape index (κ1) is 24.7. The van der Waals surface area contributed by atoms with E-state index < -0.39 is 11.6 Å². The number of morpholine rings is 1. The van der Waals surface area contributed by atoms with Crippen LogP contribution in [0.15, 0.2) is 24.3 Å². The number of hydrogen-bond donors (Lipinski definition) is 2. The Bertz CT molecular complexity index is 885. The zero-order chi connectivity index (χ0) is 24.3. The van der Waals surface area contributed by atoms with Crippen molar-refractivity contribution in [1.82, 2.24) is 20.4 Å². The van der Waals surface area contributed by atoms with Crippen LogP contribution in [0.5, 0.6) is 0 Å². The fraction of sp³-hybridized carbons (Fsp3) is 0.654. The number of carbonyl (C=O) groups excluding carboxylic acids is 3. The van der Waals surface area contributed by atoms with Crippen LogP contribution in [0.25, 0.3) is 0 Å². The average Bonchev–Trinajstić information content (AvgIpc) is 3.02. The molecule has 2 heterocycles. The lowest BCUT2D eigenvalue weighted by atomic mass is 9.75. The number of carbonyl (C=O) groups is 3. The molecule has 3 aliphatic rings. The number of urea groups is 1. The van der Waals surface area contributed by atoms with Gasteiger partial charge in [-0.15, -0.1) is 0 Å². The minimum atomic E-state index is -0.811. The van der Waals surface area contributed by atoms with E-state index in [1.54, 1.807) is 0 Å². The predicted octanol–water partition coefficient (Wildman–Crippen LogP) is 2.80. The van der Waals surface area contributed by atoms with Crippen LogP contribution in [0.3, 0.4) is 0 Å². The zero-order valence-corrected chi connectivity index (χ0v) is 20.6. The third kappa shape index (κ3) is 5.61. The number of imide groups is 1. The Kier molecular flexibility index (Phi) is 7.57. The second kappa shape index (κ2) is 10.4. The van der Waals surface area contributed by atoms with Gasteiger partial charge in [0.2, 0.25) is 5.91 Å². The maximum atomic E-state index is 13.0. The molecule has 3 fully saturated rings. The van der Waals surface area contributed by atoms with Crippen LogP contribution >= 0.6 is 0 Å². The lowest BCUT2D eigenvalue weighted by Gasteiger charge is -2.35. The molecular weight excluding hydrogens is 432 g/mol. The molecule has 0 radical (unpaired) electrons. The fourth-order valence-corrected chi connectivity index (χ4v) is 5.57. The topological polar surface area (TPSA) is 91.0 Å². The number of hydrogen-bond acceptors (Lipinski definition) is 5. The number of rotatable bonds is 7. The molecule has 34 heavy (non-hydrogen) atoms. The summed E-state index contributed by atoms with van der Waals surface area (Å²) >= 11 is 0. The third-order valence-electron chi connectivity index (χ3n) is 7.50. The molecule has 2 atom stereocenters. The molecule has 8 heteroatoms. The number of amides is 4. The monoisotopic (exact) mass is 470 g/mol. The molecule has 0 aromatic heterocycles. The molecule has 2 saturated heterocycles. The minimum Gasteiger partial charge on any atom is -0.373 e. The Balaban J connectivity index is 1.25. The fourth-order valence-electron chi connectivity index (χ4n) is 5.57. The van der Waals surface area contributed by atoms with Gasteiger partial charge in [-0.3, -0.25) is 19.4 Å². The van der Waals surface area contributed by atoms with Crippen molar-refractivity contribution in [2.45, 2.75) is 83.7 Å². The van der Waals surface area contributed by atoms with E-state index in [9.17, 15) is 14.4 Å². The van der Waals surface area contributed by atoms with Crippen LogP contribution in [0, 0.1) is 5.92 Å². The molecule has 1 saturated carbocycles. The van der Waals surface area contributed by atoms with E-state index in [1.807, 2.05) is 12.1 Å². The van der Waals surface area contributed by atoms with Gasteiger partial charge in [0, 0.05) is 26.2 Å². The van der Waals surface area contributed by atoms with Crippen LogP contribution in [0.1, 0.15) is 64.0 Å². The van der Waals surface area contributed by atoms with Gasteiger partial charge in [-0.1, -0.05) is 37.6 Å². The van der Waals surface area contributed by atoms with Crippen molar-refractivity contribution in [3.63, 3.8) is 0 Å². The number of nitrogens with zero attached hydrogens (tertiary/aromatic N) is 2. The van der Waals surface area contributed by atoms with Crippen LogP contribution in [0.2, 0.25) is 0 Å². The Morgan fingerprint density at radius 2 is 1.71 bits per heavy atom. The quantitative estimate of drug-likeness (QED) is 0.598. The zero-order valence-electron chi connectivity index (χ0n) is 20.6. The van der Waals surface area contributed by atoms with Crippen LogP contribution in [0.4, 0.5) is 4.79 Å². The summed E-state index contributed by atoms with van der Waals surface area (Å²) in [4.78, 5) is 41.4. The molecule has 4 amide bonds. The van der Waals surface area contributed by atoms with Crippen molar-refractivity contribution in [3.8, 4) is 0 Å². The van der Waals surface area contributed by atoms with E-state index in [2.05, 4.69) is 48.4 Å². The highest BCUT2D eigenvalue weighted by Crippen LogP contribution is 2.37. The molecule has 1 spiro atoms. The first-order valence-electron chi connectivity index (χ1n) is 12.6. The number of ether oxygens (including phenoxy) is 1. The Hall–Kier alpha value is -2.45. The van der Waals surface area contributed by atoms with Gasteiger partial charge in [0.15, 0.2) is 0 Å². The van der Waals surface area contributed by atoms with Gasteiger partial charge in [-0.2, -0.15) is 0 Å². The summed E-state index contributed by atoms with van der Waals surface area (Å²) in [6, 6.07) is 7.74. The van der Waals surface area contributed by atoms with Crippen molar-refractivity contribution in [2.24, 2.45) is 5.92 Å². The normalized spacial score (nSPS) is 30.0. The first-order valence-corrected chi connectivity index (χ1v) is 12.6. The predicted molar refractivity (Wildman–Crippen MR) is 129 cm³/mol. The van der Waals surface area contributed by atoms with Gasteiger partial charge in [0.05, 0.1) is 12.2 Å². The van der Waals surface area contributed by atoms with Crippen LogP contribution in [-0.2, 0) is 27.4 Å². The van der Waals surface area contributed by atoms with Gasteiger partial charge in [0.1, 0.15) is 12.1 Å². The summed E-state index contributed by atoms with van der Waals surface area (Å²) in [5.74, 6) is 0.0292. The van der Waals surface area contributed by atoms with Crippen molar-refractivity contribution < 1.29 is 19.1 Å². The highest BCUT2D eigenvalue weighted by Gasteiger charge is 2.52. The summed E-state index contributed by atoms with van der Waals surface area (Å²) in [5.41, 5.74) is 1.39. The summed E-state index contributed by atoms with van der Waals surface area (Å²) in [7, 11) is 0. The molecule has 1 aromatic rings. The Morgan fingerprint density at radius 3 is 2.32 bits per heavy atom. The summed E-state index contributed by atoms with van der Waals surface area (Å²) < 4.78 is 5.80. The van der Waals surface area contributed by atoms with E-state index in [1.165, 1.54) is 5.56 Å². The molecule has 8 nitrogen and oxygen atoms in total. The van der Waals surface area contributed by atoms with Crippen molar-refractivity contribution in [2.75, 3.05) is 19.6 Å². The van der Waals surface area contributed by atoms with Crippen molar-refractivity contribution >= 4 is 17.8 Å². The second-order valence-corrected chi connectivity index (χ2v) is 10.3. The van der Waals surface area contributed by atoms with E-state index in [4.69, 9.17) is 4.74 Å². The molecule has 2 N–H and O–H groups in total. The van der Waals surface area contributed by atoms with Crippen molar-refractivity contribution in [3.05, 3.63) is 35.4 Å². The summed E-state index contributed by atoms with van der Waals surface area (Å²) in [6.45, 7) is 9.20. The molecule has 1 aliphatic carbocycles. The standard InChI is InChI=1S/C26H38N4O4/c1-4-20-9-11-26(12-10-20)24(32)30(25(33)28-26)17-23(31)27-13-21-5-7-22(8-6-21)16-29-14-18(2)34-19(3)15-29/h5-8,18-20H,4,9-17H2,1-3H3,(H,27,31)(H,28,33). The van der Waals surface area contributed by atoms with Gasteiger partial charge < -0.3 is 15.4 Å². The number of benzene rings is 1. The average molecular weight is 471 g/mol. The Morgan fingerprint density at radius 1 is 1.09 bits per heavy atom.